The highest BCUT2D eigenvalue weighted by Gasteiger charge is 2.22. The van der Waals surface area contributed by atoms with Gasteiger partial charge in [0.05, 0.1) is 18.7 Å². The van der Waals surface area contributed by atoms with Gasteiger partial charge in [0.25, 0.3) is 0 Å². The fraction of sp³-hybridized carbons (Fsp3) is 0.429. The molecule has 0 bridgehead atoms. The molecule has 0 saturated carbocycles. The van der Waals surface area contributed by atoms with Crippen LogP contribution in [0, 0.1) is 6.92 Å². The second-order valence-electron chi connectivity index (χ2n) is 4.54. The van der Waals surface area contributed by atoms with Gasteiger partial charge in [-0.1, -0.05) is 6.07 Å². The molecule has 1 unspecified atom stereocenters. The summed E-state index contributed by atoms with van der Waals surface area (Å²) in [7, 11) is 1.34. The molecule has 1 aromatic carbocycles. The van der Waals surface area contributed by atoms with Crippen LogP contribution in [0.25, 0.3) is 0 Å². The molecule has 1 aromatic rings. The molecule has 1 fully saturated rings. The van der Waals surface area contributed by atoms with E-state index in [1.165, 1.54) is 7.11 Å². The Kier molecular flexibility index (Phi) is 5.03. The van der Waals surface area contributed by atoms with Crippen LogP contribution < -0.4 is 10.6 Å². The van der Waals surface area contributed by atoms with E-state index in [-0.39, 0.29) is 11.9 Å². The average Bonchev–Trinajstić information content (AvgIpc) is 2.49. The lowest BCUT2D eigenvalue weighted by molar-refractivity contribution is -0.117. The molecular weight excluding hydrogens is 276 g/mol. The molecule has 0 radical (unpaired) electrons. The minimum Gasteiger partial charge on any atom is -0.465 e. The number of ether oxygens (including phenoxy) is 1. The van der Waals surface area contributed by atoms with Gasteiger partial charge < -0.3 is 15.4 Å². The van der Waals surface area contributed by atoms with Crippen LogP contribution in [-0.4, -0.2) is 43.1 Å². The number of nitrogens with one attached hydrogen (secondary N) is 2. The monoisotopic (exact) mass is 294 g/mol. The standard InChI is InChI=1S/C14H18N2O3S/c1-9-10(14(18)19-2)4-3-5-11(9)16-13(17)12-8-20-7-6-15-12/h3-5,12,15H,6-8H2,1-2H3,(H,16,17). The highest BCUT2D eigenvalue weighted by Crippen LogP contribution is 2.20. The van der Waals surface area contributed by atoms with Crippen molar-refractivity contribution in [1.29, 1.82) is 0 Å². The first-order valence-electron chi connectivity index (χ1n) is 6.43. The van der Waals surface area contributed by atoms with E-state index in [9.17, 15) is 9.59 Å². The van der Waals surface area contributed by atoms with Crippen LogP contribution in [0.2, 0.25) is 0 Å². The highest BCUT2D eigenvalue weighted by molar-refractivity contribution is 7.99. The Labute approximate surface area is 122 Å². The number of carbonyl (C=O) groups excluding carboxylic acids is 2. The first-order valence-corrected chi connectivity index (χ1v) is 7.59. The number of esters is 1. The van der Waals surface area contributed by atoms with Crippen LogP contribution in [0.1, 0.15) is 15.9 Å². The molecule has 0 aliphatic carbocycles. The normalized spacial score (nSPS) is 18.4. The van der Waals surface area contributed by atoms with Crippen molar-refractivity contribution in [2.75, 3.05) is 30.5 Å². The largest absolute Gasteiger partial charge is 0.465 e. The zero-order chi connectivity index (χ0) is 14.5. The molecule has 5 nitrogen and oxygen atoms in total. The van der Waals surface area contributed by atoms with E-state index in [1.807, 2.05) is 0 Å². The van der Waals surface area contributed by atoms with E-state index in [1.54, 1.807) is 36.9 Å². The highest BCUT2D eigenvalue weighted by atomic mass is 32.2. The molecule has 1 aliphatic heterocycles. The Morgan fingerprint density at radius 2 is 2.25 bits per heavy atom. The molecule has 6 heteroatoms. The van der Waals surface area contributed by atoms with Gasteiger partial charge in [-0.05, 0) is 24.6 Å². The van der Waals surface area contributed by atoms with Gasteiger partial charge in [-0.25, -0.2) is 4.79 Å². The molecule has 20 heavy (non-hydrogen) atoms. The van der Waals surface area contributed by atoms with Crippen LogP contribution in [-0.2, 0) is 9.53 Å². The molecule has 2 rings (SSSR count). The van der Waals surface area contributed by atoms with Gasteiger partial charge >= 0.3 is 5.97 Å². The zero-order valence-corrected chi connectivity index (χ0v) is 12.4. The third-order valence-corrected chi connectivity index (χ3v) is 4.30. The number of hydrogen-bond acceptors (Lipinski definition) is 5. The summed E-state index contributed by atoms with van der Waals surface area (Å²) in [5, 5.41) is 6.06. The summed E-state index contributed by atoms with van der Waals surface area (Å²) in [4.78, 5) is 23.8. The Morgan fingerprint density at radius 3 is 2.90 bits per heavy atom. The first-order chi connectivity index (χ1) is 9.63. The minimum atomic E-state index is -0.398. The molecule has 1 aliphatic rings. The number of hydrogen-bond donors (Lipinski definition) is 2. The summed E-state index contributed by atoms with van der Waals surface area (Å²) >= 11 is 1.76. The van der Waals surface area contributed by atoms with Crippen molar-refractivity contribution < 1.29 is 14.3 Å². The van der Waals surface area contributed by atoms with Crippen LogP contribution in [0.3, 0.4) is 0 Å². The van der Waals surface area contributed by atoms with E-state index in [4.69, 9.17) is 4.74 Å². The number of anilines is 1. The van der Waals surface area contributed by atoms with Crippen LogP contribution >= 0.6 is 11.8 Å². The summed E-state index contributed by atoms with van der Waals surface area (Å²) in [5.41, 5.74) is 1.84. The van der Waals surface area contributed by atoms with E-state index >= 15 is 0 Å². The van der Waals surface area contributed by atoms with Gasteiger partial charge in [0.1, 0.15) is 0 Å². The third-order valence-electron chi connectivity index (χ3n) is 3.24. The van der Waals surface area contributed by atoms with Crippen molar-refractivity contribution in [2.24, 2.45) is 0 Å². The first kappa shape index (κ1) is 14.9. The summed E-state index contributed by atoms with van der Waals surface area (Å²) in [5.74, 6) is 1.33. The lowest BCUT2D eigenvalue weighted by atomic mass is 10.1. The maximum Gasteiger partial charge on any atom is 0.338 e. The quantitative estimate of drug-likeness (QED) is 0.825. The second-order valence-corrected chi connectivity index (χ2v) is 5.69. The van der Waals surface area contributed by atoms with Crippen molar-refractivity contribution in [3.8, 4) is 0 Å². The molecular formula is C14H18N2O3S. The predicted molar refractivity (Wildman–Crippen MR) is 80.3 cm³/mol. The van der Waals surface area contributed by atoms with Crippen molar-refractivity contribution in [3.63, 3.8) is 0 Å². The maximum atomic E-state index is 12.2. The number of benzene rings is 1. The van der Waals surface area contributed by atoms with Crippen LogP contribution in [0.15, 0.2) is 18.2 Å². The Hall–Kier alpha value is -1.53. The molecule has 2 N–H and O–H groups in total. The molecule has 108 valence electrons. The van der Waals surface area contributed by atoms with Crippen molar-refractivity contribution >= 4 is 29.3 Å². The van der Waals surface area contributed by atoms with Gasteiger partial charge in [0, 0.05) is 23.7 Å². The molecule has 1 amide bonds. The fourth-order valence-corrected chi connectivity index (χ4v) is 2.99. The van der Waals surface area contributed by atoms with Gasteiger partial charge in [0.2, 0.25) is 5.91 Å². The average molecular weight is 294 g/mol. The summed E-state index contributed by atoms with van der Waals surface area (Å²) in [6, 6.07) is 5.02. The molecule has 0 spiro atoms. The van der Waals surface area contributed by atoms with E-state index in [0.717, 1.165) is 23.6 Å². The number of thioether (sulfide) groups is 1. The maximum absolute atomic E-state index is 12.2. The van der Waals surface area contributed by atoms with Crippen molar-refractivity contribution in [1.82, 2.24) is 5.32 Å². The Balaban J connectivity index is 2.12. The number of amides is 1. The molecule has 1 atom stereocenters. The van der Waals surface area contributed by atoms with Gasteiger partial charge in [0.15, 0.2) is 0 Å². The van der Waals surface area contributed by atoms with E-state index in [0.29, 0.717) is 11.3 Å². The fourth-order valence-electron chi connectivity index (χ4n) is 2.06. The molecule has 0 aromatic heterocycles. The number of carbonyl (C=O) groups is 2. The lowest BCUT2D eigenvalue weighted by Gasteiger charge is -2.22. The summed E-state index contributed by atoms with van der Waals surface area (Å²) < 4.78 is 4.73. The lowest BCUT2D eigenvalue weighted by Crippen LogP contribution is -2.46. The summed E-state index contributed by atoms with van der Waals surface area (Å²) in [6.07, 6.45) is 0. The number of rotatable bonds is 3. The predicted octanol–water partition coefficient (Wildman–Crippen LogP) is 1.43. The van der Waals surface area contributed by atoms with Crippen LogP contribution in [0.5, 0.6) is 0 Å². The molecule has 1 saturated heterocycles. The summed E-state index contributed by atoms with van der Waals surface area (Å²) in [6.45, 7) is 2.63. The number of methoxy groups -OCH3 is 1. The van der Waals surface area contributed by atoms with E-state index < -0.39 is 5.97 Å². The third kappa shape index (κ3) is 3.32. The van der Waals surface area contributed by atoms with E-state index in [2.05, 4.69) is 10.6 Å². The minimum absolute atomic E-state index is 0.0673. The van der Waals surface area contributed by atoms with Gasteiger partial charge in [-0.3, -0.25) is 4.79 Å². The van der Waals surface area contributed by atoms with Gasteiger partial charge in [-0.15, -0.1) is 0 Å². The second kappa shape index (κ2) is 6.76. The Morgan fingerprint density at radius 1 is 1.45 bits per heavy atom. The van der Waals surface area contributed by atoms with Gasteiger partial charge in [-0.2, -0.15) is 11.8 Å². The van der Waals surface area contributed by atoms with Crippen LogP contribution in [0.4, 0.5) is 5.69 Å². The van der Waals surface area contributed by atoms with Crippen molar-refractivity contribution in [2.45, 2.75) is 13.0 Å². The SMILES string of the molecule is COC(=O)c1cccc(NC(=O)C2CSCCN2)c1C. The Bertz CT molecular complexity index is 513. The topological polar surface area (TPSA) is 67.4 Å². The molecule has 1 heterocycles. The zero-order valence-electron chi connectivity index (χ0n) is 11.6. The van der Waals surface area contributed by atoms with Crippen molar-refractivity contribution in [3.05, 3.63) is 29.3 Å². The smallest absolute Gasteiger partial charge is 0.338 e.